The van der Waals surface area contributed by atoms with Gasteiger partial charge in [-0.2, -0.15) is 0 Å². The molecule has 0 bridgehead atoms. The van der Waals surface area contributed by atoms with Crippen LogP contribution in [0.15, 0.2) is 54.6 Å². The normalized spacial score (nSPS) is 15.2. The van der Waals surface area contributed by atoms with Gasteiger partial charge in [0, 0.05) is 19.3 Å². The molecular formula is C52H77N11O18. The largest absolute Gasteiger partial charge is 0.508 e. The second-order valence-corrected chi connectivity index (χ2v) is 20.1. The average Bonchev–Trinajstić information content (AvgIpc) is 3.40. The number of carbonyl (C=O) groups is 12. The number of primary amides is 1. The van der Waals surface area contributed by atoms with Gasteiger partial charge in [0.2, 0.25) is 59.1 Å². The third-order valence-corrected chi connectivity index (χ3v) is 12.0. The Morgan fingerprint density at radius 2 is 0.951 bits per heavy atom. The first-order chi connectivity index (χ1) is 37.9. The number of carboxylic acid groups (broad SMARTS) is 2. The number of carboxylic acids is 2. The minimum absolute atomic E-state index is 0.0333. The van der Waals surface area contributed by atoms with Crippen LogP contribution in [0.25, 0.3) is 0 Å². The van der Waals surface area contributed by atoms with E-state index in [2.05, 4.69) is 47.9 Å². The molecule has 0 spiro atoms. The van der Waals surface area contributed by atoms with Gasteiger partial charge in [0.15, 0.2) is 0 Å². The monoisotopic (exact) mass is 1140 g/mol. The molecule has 0 aliphatic heterocycles. The third-order valence-electron chi connectivity index (χ3n) is 12.0. The highest BCUT2D eigenvalue weighted by Gasteiger charge is 2.36. The van der Waals surface area contributed by atoms with E-state index in [0.29, 0.717) is 5.56 Å². The van der Waals surface area contributed by atoms with Gasteiger partial charge in [0.25, 0.3) is 0 Å². The summed E-state index contributed by atoms with van der Waals surface area (Å²) in [5.41, 5.74) is 12.0. The smallest absolute Gasteiger partial charge is 0.326 e. The molecule has 10 amide bonds. The molecule has 29 heteroatoms. The van der Waals surface area contributed by atoms with Crippen LogP contribution in [0.5, 0.6) is 5.75 Å². The van der Waals surface area contributed by atoms with Gasteiger partial charge in [-0.15, -0.1) is 0 Å². The number of nitrogens with two attached hydrogens (primary N) is 2. The number of carbonyl (C=O) groups excluding carboxylic acids is 10. The molecule has 2 aromatic rings. The lowest BCUT2D eigenvalue weighted by molar-refractivity contribution is -0.143. The highest BCUT2D eigenvalue weighted by Crippen LogP contribution is 2.14. The van der Waals surface area contributed by atoms with Crippen molar-refractivity contribution in [2.24, 2.45) is 23.3 Å². The molecule has 0 saturated carbocycles. The number of hydrogen-bond donors (Lipinski definition) is 17. The van der Waals surface area contributed by atoms with E-state index < -0.39 is 176 Å². The van der Waals surface area contributed by atoms with Crippen molar-refractivity contribution in [3.8, 4) is 5.75 Å². The van der Waals surface area contributed by atoms with Gasteiger partial charge in [-0.1, -0.05) is 70.2 Å². The van der Waals surface area contributed by atoms with Gasteiger partial charge in [-0.3, -0.25) is 52.7 Å². The van der Waals surface area contributed by atoms with Crippen molar-refractivity contribution >= 4 is 71.0 Å². The van der Waals surface area contributed by atoms with E-state index in [1.807, 2.05) is 0 Å². The number of phenolic OH excluding ortho intramolecular Hbond substituents is 1. The van der Waals surface area contributed by atoms with E-state index in [9.17, 15) is 88.2 Å². The van der Waals surface area contributed by atoms with Gasteiger partial charge >= 0.3 is 11.9 Å². The van der Waals surface area contributed by atoms with Crippen LogP contribution in [-0.4, -0.2) is 181 Å². The predicted octanol–water partition coefficient (Wildman–Crippen LogP) is -4.83. The summed E-state index contributed by atoms with van der Waals surface area (Å²) in [4.78, 5) is 158. The molecule has 0 fully saturated rings. The zero-order valence-electron chi connectivity index (χ0n) is 45.8. The van der Waals surface area contributed by atoms with Crippen LogP contribution in [0.1, 0.15) is 84.8 Å². The summed E-state index contributed by atoms with van der Waals surface area (Å²) in [6.07, 6.45) is -5.72. The molecule has 29 nitrogen and oxygen atoms in total. The summed E-state index contributed by atoms with van der Waals surface area (Å²) in [7, 11) is 0. The molecule has 11 atom stereocenters. The van der Waals surface area contributed by atoms with Gasteiger partial charge in [-0.25, -0.2) is 4.79 Å². The van der Waals surface area contributed by atoms with Crippen molar-refractivity contribution in [2.45, 2.75) is 153 Å². The van der Waals surface area contributed by atoms with Gasteiger partial charge in [-0.05, 0) is 68.2 Å². The lowest BCUT2D eigenvalue weighted by Crippen LogP contribution is -2.61. The van der Waals surface area contributed by atoms with E-state index in [1.54, 1.807) is 58.0 Å². The highest BCUT2D eigenvalue weighted by molar-refractivity contribution is 5.99. The van der Waals surface area contributed by atoms with Crippen LogP contribution in [0.3, 0.4) is 0 Å². The molecule has 0 aliphatic rings. The van der Waals surface area contributed by atoms with Crippen molar-refractivity contribution < 1.29 is 88.2 Å². The maximum Gasteiger partial charge on any atom is 0.326 e. The van der Waals surface area contributed by atoms with Gasteiger partial charge in [0.05, 0.1) is 31.8 Å². The Hall–Kier alpha value is -8.28. The summed E-state index contributed by atoms with van der Waals surface area (Å²) in [6.45, 7) is 7.20. The topological polar surface area (TPSA) is 487 Å². The van der Waals surface area contributed by atoms with E-state index in [4.69, 9.17) is 11.5 Å². The zero-order valence-corrected chi connectivity index (χ0v) is 45.8. The second kappa shape index (κ2) is 34.0. The van der Waals surface area contributed by atoms with Gasteiger partial charge in [0.1, 0.15) is 60.1 Å². The Balaban J connectivity index is 2.40. The lowest BCUT2D eigenvalue weighted by atomic mass is 10.0. The van der Waals surface area contributed by atoms with Crippen molar-refractivity contribution in [3.05, 3.63) is 65.7 Å². The molecular weight excluding hydrogens is 1070 g/mol. The first-order valence-corrected chi connectivity index (χ1v) is 25.9. The molecule has 0 unspecified atom stereocenters. The van der Waals surface area contributed by atoms with Crippen LogP contribution in [0, 0.1) is 11.8 Å². The Labute approximate surface area is 466 Å². The Bertz CT molecular complexity index is 2500. The molecule has 448 valence electrons. The summed E-state index contributed by atoms with van der Waals surface area (Å²) < 4.78 is 0. The fourth-order valence-corrected chi connectivity index (χ4v) is 7.70. The standard InChI is InChI=1S/C52H77N11O18/c1-25(2)18-33(44(72)55-23-40(69)63-43(28(6)66)51(79)61-37(52(80)81)19-26(3)4)57-45(73)32(16-17-41(70)71)56-46(74)34(21-30-12-14-31(67)15-13-30)58-49(77)38(24-64)62-48(76)36(22-39(53)68)59-47(75)35(20-29-10-8-7-9-11-29)60-50(78)42(54)27(5)65/h7-15,25-28,32-38,42-43,64-67H,16-24,54H2,1-6H3,(H2,53,68)(H,55,72)(H,56,74)(H,57,73)(H,58,77)(H,59,75)(H,60,78)(H,61,79)(H,62,76)(H,63,69)(H,70,71)(H,80,81)/t27-,28-,32+,33+,34+,35+,36+,37+,38+,42+,43+/m1/s1. The van der Waals surface area contributed by atoms with E-state index in [1.165, 1.54) is 31.2 Å². The number of phenols is 1. The molecule has 19 N–H and O–H groups in total. The number of aliphatic hydroxyl groups is 3. The SMILES string of the molecule is CC(C)C[C@H](NC(=O)[C@@H](NC(=O)CNC(=O)[C@H](CC(C)C)NC(=O)[C@H](CCC(=O)O)NC(=O)[C@H](Cc1ccc(O)cc1)NC(=O)[C@H](CO)NC(=O)[C@H](CC(N)=O)NC(=O)[C@H](Cc1ccccc1)NC(=O)[C@@H](N)[C@@H](C)O)[C@@H](C)O)C(=O)O. The molecule has 81 heavy (non-hydrogen) atoms. The molecule has 0 saturated heterocycles. The molecule has 2 aromatic carbocycles. The maximum atomic E-state index is 14.2. The highest BCUT2D eigenvalue weighted by atomic mass is 16.4. The van der Waals surface area contributed by atoms with Crippen LogP contribution < -0.4 is 59.3 Å². The number of amides is 10. The van der Waals surface area contributed by atoms with E-state index in [0.717, 1.165) is 6.92 Å². The minimum atomic E-state index is -1.94. The number of benzene rings is 2. The Morgan fingerprint density at radius 1 is 0.506 bits per heavy atom. The first-order valence-electron chi connectivity index (χ1n) is 25.9. The fraction of sp³-hybridized carbons (Fsp3) is 0.538. The molecule has 0 heterocycles. The summed E-state index contributed by atoms with van der Waals surface area (Å²) in [5, 5.41) is 80.5. The quantitative estimate of drug-likeness (QED) is 0.0308. The average molecular weight is 1140 g/mol. The van der Waals surface area contributed by atoms with Gasteiger partial charge < -0.3 is 90.0 Å². The van der Waals surface area contributed by atoms with Crippen molar-refractivity contribution in [2.75, 3.05) is 13.2 Å². The fourth-order valence-electron chi connectivity index (χ4n) is 7.70. The summed E-state index contributed by atoms with van der Waals surface area (Å²) in [6, 6.07) is -1.23. The number of rotatable bonds is 35. The molecule has 0 radical (unpaired) electrons. The van der Waals surface area contributed by atoms with E-state index in [-0.39, 0.29) is 42.4 Å². The maximum absolute atomic E-state index is 14.2. The van der Waals surface area contributed by atoms with E-state index >= 15 is 0 Å². The first kappa shape index (κ1) is 68.8. The van der Waals surface area contributed by atoms with Crippen LogP contribution in [0.2, 0.25) is 0 Å². The van der Waals surface area contributed by atoms with Crippen molar-refractivity contribution in [3.63, 3.8) is 0 Å². The number of aliphatic carboxylic acids is 2. The van der Waals surface area contributed by atoms with Crippen molar-refractivity contribution in [1.82, 2.24) is 47.9 Å². The lowest BCUT2D eigenvalue weighted by Gasteiger charge is -2.27. The number of nitrogens with one attached hydrogen (secondary N) is 9. The predicted molar refractivity (Wildman–Crippen MR) is 286 cm³/mol. The number of aromatic hydroxyl groups is 1. The van der Waals surface area contributed by atoms with Crippen molar-refractivity contribution in [1.29, 1.82) is 0 Å². The molecule has 2 rings (SSSR count). The third kappa shape index (κ3) is 25.2. The number of hydrogen-bond acceptors (Lipinski definition) is 17. The Morgan fingerprint density at radius 3 is 1.44 bits per heavy atom. The summed E-state index contributed by atoms with van der Waals surface area (Å²) >= 11 is 0. The second-order valence-electron chi connectivity index (χ2n) is 20.1. The number of aliphatic hydroxyl groups excluding tert-OH is 3. The zero-order chi connectivity index (χ0) is 61.3. The summed E-state index contributed by atoms with van der Waals surface area (Å²) in [5.74, 6) is -14.3. The molecule has 0 aromatic heterocycles. The van der Waals surface area contributed by atoms with Crippen LogP contribution >= 0.6 is 0 Å². The van der Waals surface area contributed by atoms with Crippen LogP contribution in [0.4, 0.5) is 0 Å². The Kier molecular flexibility index (Phi) is 28.9. The molecule has 0 aliphatic carbocycles. The minimum Gasteiger partial charge on any atom is -0.508 e. The van der Waals surface area contributed by atoms with Crippen LogP contribution in [-0.2, 0) is 70.4 Å².